The molecule has 0 radical (unpaired) electrons. The molecule has 2 aromatic heterocycles. The zero-order valence-corrected chi connectivity index (χ0v) is 10.4. The Balaban J connectivity index is 1.76. The number of imidazole rings is 1. The van der Waals surface area contributed by atoms with Gasteiger partial charge in [0.25, 0.3) is 0 Å². The van der Waals surface area contributed by atoms with Gasteiger partial charge in [0.15, 0.2) is 6.10 Å². The molecule has 0 saturated heterocycles. The average Bonchev–Trinajstić information content (AvgIpc) is 3.02. The monoisotopic (exact) mass is 254 g/mol. The van der Waals surface area contributed by atoms with E-state index in [-0.39, 0.29) is 0 Å². The number of nitrogens with zero attached hydrogens (tertiary/aromatic N) is 2. The normalized spacial score (nSPS) is 16.9. The number of hydrogen-bond donors (Lipinski definition) is 1. The van der Waals surface area contributed by atoms with E-state index in [1.165, 1.54) is 0 Å². The minimum Gasteiger partial charge on any atom is -0.458 e. The van der Waals surface area contributed by atoms with Crippen LogP contribution in [0.5, 0.6) is 0 Å². The second kappa shape index (κ2) is 3.96. The van der Waals surface area contributed by atoms with Crippen LogP contribution in [-0.4, -0.2) is 14.7 Å². The fourth-order valence-electron chi connectivity index (χ4n) is 2.47. The molecule has 1 fully saturated rings. The van der Waals surface area contributed by atoms with Crippen LogP contribution in [0, 0.1) is 0 Å². The topological polar surface area (TPSA) is 51.2 Å². The van der Waals surface area contributed by atoms with E-state index in [0.29, 0.717) is 11.8 Å². The van der Waals surface area contributed by atoms with Gasteiger partial charge in [-0.2, -0.15) is 0 Å². The van der Waals surface area contributed by atoms with Gasteiger partial charge in [0.1, 0.15) is 11.3 Å². The van der Waals surface area contributed by atoms with Crippen LogP contribution in [-0.2, 0) is 0 Å². The van der Waals surface area contributed by atoms with Crippen LogP contribution in [0.15, 0.2) is 47.3 Å². The fraction of sp³-hybridized carbons (Fsp3) is 0.267. The molecule has 1 aliphatic rings. The third kappa shape index (κ3) is 1.76. The molecule has 19 heavy (non-hydrogen) atoms. The number of hydrogen-bond acceptors (Lipinski definition) is 3. The van der Waals surface area contributed by atoms with Gasteiger partial charge in [-0.05, 0) is 25.0 Å². The first kappa shape index (κ1) is 10.8. The predicted molar refractivity (Wildman–Crippen MR) is 70.8 cm³/mol. The van der Waals surface area contributed by atoms with E-state index in [9.17, 15) is 5.11 Å². The van der Waals surface area contributed by atoms with Gasteiger partial charge in [0.05, 0.1) is 18.2 Å². The van der Waals surface area contributed by atoms with Crippen LogP contribution in [0.4, 0.5) is 0 Å². The molecule has 0 bridgehead atoms. The van der Waals surface area contributed by atoms with Crippen molar-refractivity contribution < 1.29 is 9.52 Å². The van der Waals surface area contributed by atoms with Gasteiger partial charge in [-0.15, -0.1) is 0 Å². The van der Waals surface area contributed by atoms with Crippen molar-refractivity contribution in [2.24, 2.45) is 0 Å². The highest BCUT2D eigenvalue weighted by molar-refractivity contribution is 5.77. The number of aliphatic hydroxyl groups is 1. The Kier molecular flexibility index (Phi) is 2.26. The second-order valence-electron chi connectivity index (χ2n) is 5.05. The van der Waals surface area contributed by atoms with Crippen LogP contribution < -0.4 is 0 Å². The summed E-state index contributed by atoms with van der Waals surface area (Å²) in [5.41, 5.74) is 1.61. The average molecular weight is 254 g/mol. The minimum atomic E-state index is -0.754. The van der Waals surface area contributed by atoms with Crippen molar-refractivity contribution in [1.29, 1.82) is 0 Å². The third-order valence-corrected chi connectivity index (χ3v) is 3.63. The molecule has 4 heteroatoms. The Morgan fingerprint density at radius 1 is 1.32 bits per heavy atom. The summed E-state index contributed by atoms with van der Waals surface area (Å²) in [6.45, 7) is 0. The standard InChI is InChI=1S/C15H14N2O2/c18-15(12-8-16-9-17(12)11-5-6-11)14-7-10-3-1-2-4-13(10)19-14/h1-4,7-9,11,15,18H,5-6H2. The van der Waals surface area contributed by atoms with E-state index in [1.807, 2.05) is 30.3 Å². The first-order chi connectivity index (χ1) is 9.33. The van der Waals surface area contributed by atoms with Crippen molar-refractivity contribution in [3.8, 4) is 0 Å². The quantitative estimate of drug-likeness (QED) is 0.781. The summed E-state index contributed by atoms with van der Waals surface area (Å²) in [5, 5.41) is 11.5. The van der Waals surface area contributed by atoms with Gasteiger partial charge in [0.2, 0.25) is 0 Å². The van der Waals surface area contributed by atoms with Gasteiger partial charge in [-0.1, -0.05) is 18.2 Å². The van der Waals surface area contributed by atoms with Gasteiger partial charge >= 0.3 is 0 Å². The lowest BCUT2D eigenvalue weighted by molar-refractivity contribution is 0.183. The number of rotatable bonds is 3. The lowest BCUT2D eigenvalue weighted by Crippen LogP contribution is -2.06. The fourth-order valence-corrected chi connectivity index (χ4v) is 2.47. The number of aliphatic hydroxyl groups excluding tert-OH is 1. The molecule has 1 unspecified atom stereocenters. The van der Waals surface area contributed by atoms with Gasteiger partial charge in [-0.25, -0.2) is 4.98 Å². The summed E-state index contributed by atoms with van der Waals surface area (Å²) < 4.78 is 7.77. The first-order valence-corrected chi connectivity index (χ1v) is 6.51. The van der Waals surface area contributed by atoms with E-state index in [2.05, 4.69) is 9.55 Å². The minimum absolute atomic E-state index is 0.497. The van der Waals surface area contributed by atoms with E-state index < -0.39 is 6.10 Å². The van der Waals surface area contributed by atoms with E-state index in [4.69, 9.17) is 4.42 Å². The van der Waals surface area contributed by atoms with Crippen molar-refractivity contribution in [3.63, 3.8) is 0 Å². The van der Waals surface area contributed by atoms with Crippen molar-refractivity contribution in [3.05, 3.63) is 54.3 Å². The van der Waals surface area contributed by atoms with E-state index >= 15 is 0 Å². The Hall–Kier alpha value is -2.07. The molecule has 1 N–H and O–H groups in total. The van der Waals surface area contributed by atoms with Crippen LogP contribution >= 0.6 is 0 Å². The van der Waals surface area contributed by atoms with E-state index in [1.54, 1.807) is 12.5 Å². The number of aromatic nitrogens is 2. The SMILES string of the molecule is OC(c1cc2ccccc2o1)c1cncn1C1CC1. The van der Waals surface area contributed by atoms with Crippen molar-refractivity contribution in [2.45, 2.75) is 25.0 Å². The molecule has 2 heterocycles. The Morgan fingerprint density at radius 3 is 2.95 bits per heavy atom. The summed E-state index contributed by atoms with van der Waals surface area (Å²) >= 11 is 0. The van der Waals surface area contributed by atoms with Gasteiger partial charge in [-0.3, -0.25) is 0 Å². The maximum atomic E-state index is 10.5. The van der Waals surface area contributed by atoms with Crippen LogP contribution in [0.2, 0.25) is 0 Å². The number of furan rings is 1. The molecule has 4 rings (SSSR count). The molecular weight excluding hydrogens is 240 g/mol. The molecular formula is C15H14N2O2. The first-order valence-electron chi connectivity index (χ1n) is 6.51. The summed E-state index contributed by atoms with van der Waals surface area (Å²) in [7, 11) is 0. The maximum Gasteiger partial charge on any atom is 0.153 e. The van der Waals surface area contributed by atoms with Crippen molar-refractivity contribution in [1.82, 2.24) is 9.55 Å². The lowest BCUT2D eigenvalue weighted by Gasteiger charge is -2.10. The highest BCUT2D eigenvalue weighted by atomic mass is 16.4. The Bertz CT molecular complexity index is 691. The van der Waals surface area contributed by atoms with Crippen LogP contribution in [0.3, 0.4) is 0 Å². The van der Waals surface area contributed by atoms with Gasteiger partial charge in [0, 0.05) is 11.4 Å². The number of para-hydroxylation sites is 1. The molecule has 96 valence electrons. The Labute approximate surface area is 110 Å². The summed E-state index contributed by atoms with van der Waals surface area (Å²) in [6.07, 6.45) is 5.08. The second-order valence-corrected chi connectivity index (χ2v) is 5.05. The largest absolute Gasteiger partial charge is 0.458 e. The van der Waals surface area contributed by atoms with Crippen molar-refractivity contribution in [2.75, 3.05) is 0 Å². The zero-order chi connectivity index (χ0) is 12.8. The molecule has 1 aliphatic carbocycles. The summed E-state index contributed by atoms with van der Waals surface area (Å²) in [6, 6.07) is 10.2. The molecule has 0 amide bonds. The van der Waals surface area contributed by atoms with E-state index in [0.717, 1.165) is 29.5 Å². The molecule has 0 aliphatic heterocycles. The van der Waals surface area contributed by atoms with Crippen molar-refractivity contribution >= 4 is 11.0 Å². The zero-order valence-electron chi connectivity index (χ0n) is 10.4. The summed E-state index contributed by atoms with van der Waals surface area (Å²) in [4.78, 5) is 4.15. The lowest BCUT2D eigenvalue weighted by atomic mass is 10.2. The molecule has 3 aromatic rings. The summed E-state index contributed by atoms with van der Waals surface area (Å²) in [5.74, 6) is 0.573. The number of fused-ring (bicyclic) bond motifs is 1. The molecule has 1 saturated carbocycles. The van der Waals surface area contributed by atoms with Gasteiger partial charge < -0.3 is 14.1 Å². The highest BCUT2D eigenvalue weighted by Gasteiger charge is 2.28. The highest BCUT2D eigenvalue weighted by Crippen LogP contribution is 2.38. The van der Waals surface area contributed by atoms with Crippen LogP contribution in [0.1, 0.15) is 36.4 Å². The number of benzene rings is 1. The predicted octanol–water partition coefficient (Wildman–Crippen LogP) is 3.05. The Morgan fingerprint density at radius 2 is 2.16 bits per heavy atom. The molecule has 4 nitrogen and oxygen atoms in total. The molecule has 0 spiro atoms. The maximum absolute atomic E-state index is 10.5. The molecule has 1 aromatic carbocycles. The van der Waals surface area contributed by atoms with Crippen LogP contribution in [0.25, 0.3) is 11.0 Å². The molecule has 1 atom stereocenters. The third-order valence-electron chi connectivity index (χ3n) is 3.63. The smallest absolute Gasteiger partial charge is 0.153 e.